The van der Waals surface area contributed by atoms with Crippen LogP contribution in [0.5, 0.6) is 11.5 Å². The fraction of sp³-hybridized carbons (Fsp3) is 0.211. The number of ketones is 1. The van der Waals surface area contributed by atoms with Crippen molar-refractivity contribution in [2.24, 2.45) is 0 Å². The number of hydrogen-bond acceptors (Lipinski definition) is 4. The maximum absolute atomic E-state index is 13.6. The van der Waals surface area contributed by atoms with Crippen molar-refractivity contribution in [3.05, 3.63) is 65.5 Å². The molecule has 24 heavy (non-hydrogen) atoms. The lowest BCUT2D eigenvalue weighted by atomic mass is 10.1. The van der Waals surface area contributed by atoms with Crippen molar-refractivity contribution in [1.29, 1.82) is 0 Å². The van der Waals surface area contributed by atoms with Crippen molar-refractivity contribution in [2.75, 3.05) is 27.4 Å². The molecule has 0 heterocycles. The van der Waals surface area contributed by atoms with Gasteiger partial charge in [0.1, 0.15) is 12.4 Å². The fourth-order valence-electron chi connectivity index (χ4n) is 2.05. The molecule has 0 bridgehead atoms. The summed E-state index contributed by atoms with van der Waals surface area (Å²) in [6, 6.07) is 11.2. The van der Waals surface area contributed by atoms with Gasteiger partial charge >= 0.3 is 0 Å². The lowest BCUT2D eigenvalue weighted by Crippen LogP contribution is -2.06. The van der Waals surface area contributed by atoms with Crippen LogP contribution in [-0.2, 0) is 4.74 Å². The third-order valence-corrected chi connectivity index (χ3v) is 3.31. The Balaban J connectivity index is 2.13. The molecule has 0 aliphatic rings. The predicted molar refractivity (Wildman–Crippen MR) is 90.1 cm³/mol. The Morgan fingerprint density at radius 3 is 2.58 bits per heavy atom. The molecule has 0 aliphatic carbocycles. The first kappa shape index (κ1) is 17.7. The highest BCUT2D eigenvalue weighted by molar-refractivity contribution is 6.07. The molecule has 4 nitrogen and oxygen atoms in total. The maximum Gasteiger partial charge on any atom is 0.185 e. The molecule has 0 amide bonds. The van der Waals surface area contributed by atoms with E-state index in [1.54, 1.807) is 43.5 Å². The monoisotopic (exact) mass is 330 g/mol. The van der Waals surface area contributed by atoms with Gasteiger partial charge in [-0.3, -0.25) is 4.79 Å². The minimum absolute atomic E-state index is 0.250. The Kier molecular flexibility index (Phi) is 6.51. The van der Waals surface area contributed by atoms with Gasteiger partial charge in [-0.25, -0.2) is 4.39 Å². The Morgan fingerprint density at radius 1 is 1.08 bits per heavy atom. The van der Waals surface area contributed by atoms with Crippen LogP contribution in [0.1, 0.15) is 15.9 Å². The number of halogens is 1. The van der Waals surface area contributed by atoms with Gasteiger partial charge in [-0.05, 0) is 36.4 Å². The summed E-state index contributed by atoms with van der Waals surface area (Å²) in [4.78, 5) is 12.2. The van der Waals surface area contributed by atoms with Crippen molar-refractivity contribution >= 4 is 11.9 Å². The highest BCUT2D eigenvalue weighted by atomic mass is 19.1. The lowest BCUT2D eigenvalue weighted by Gasteiger charge is -2.11. The zero-order chi connectivity index (χ0) is 17.4. The van der Waals surface area contributed by atoms with Crippen molar-refractivity contribution < 1.29 is 23.4 Å². The number of rotatable bonds is 8. The molecule has 0 N–H and O–H groups in total. The van der Waals surface area contributed by atoms with Gasteiger partial charge in [0, 0.05) is 18.2 Å². The average Bonchev–Trinajstić information content (AvgIpc) is 2.61. The van der Waals surface area contributed by atoms with Crippen molar-refractivity contribution in [2.45, 2.75) is 0 Å². The van der Waals surface area contributed by atoms with E-state index in [0.717, 1.165) is 0 Å². The second-order valence-corrected chi connectivity index (χ2v) is 4.93. The summed E-state index contributed by atoms with van der Waals surface area (Å²) < 4.78 is 29.2. The largest absolute Gasteiger partial charge is 0.493 e. The normalized spacial score (nSPS) is 10.8. The first-order valence-electron chi connectivity index (χ1n) is 7.42. The topological polar surface area (TPSA) is 44.8 Å². The third kappa shape index (κ3) is 4.67. The van der Waals surface area contributed by atoms with Crippen LogP contribution in [0.4, 0.5) is 4.39 Å². The summed E-state index contributed by atoms with van der Waals surface area (Å²) in [6.45, 7) is 0.836. The van der Waals surface area contributed by atoms with E-state index in [-0.39, 0.29) is 11.6 Å². The molecule has 0 spiro atoms. The van der Waals surface area contributed by atoms with Gasteiger partial charge in [0.25, 0.3) is 0 Å². The SMILES string of the molecule is COCCOc1ccc(C(=O)C=Cc2ccccc2F)cc1OC. The first-order valence-corrected chi connectivity index (χ1v) is 7.42. The lowest BCUT2D eigenvalue weighted by molar-refractivity contribution is 0.104. The minimum Gasteiger partial charge on any atom is -0.493 e. The van der Waals surface area contributed by atoms with E-state index in [9.17, 15) is 9.18 Å². The number of carbonyl (C=O) groups excluding carboxylic acids is 1. The van der Waals surface area contributed by atoms with Gasteiger partial charge < -0.3 is 14.2 Å². The molecule has 0 unspecified atom stereocenters. The third-order valence-electron chi connectivity index (χ3n) is 3.31. The molecule has 2 aromatic rings. The van der Waals surface area contributed by atoms with E-state index < -0.39 is 0 Å². The van der Waals surface area contributed by atoms with Gasteiger partial charge in [-0.15, -0.1) is 0 Å². The molecule has 0 saturated carbocycles. The zero-order valence-corrected chi connectivity index (χ0v) is 13.6. The molecule has 0 radical (unpaired) electrons. The van der Waals surface area contributed by atoms with Crippen LogP contribution in [0, 0.1) is 5.82 Å². The van der Waals surface area contributed by atoms with Gasteiger partial charge in [0.05, 0.1) is 13.7 Å². The Hall–Kier alpha value is -2.66. The van der Waals surface area contributed by atoms with Crippen molar-refractivity contribution in [3.63, 3.8) is 0 Å². The number of benzene rings is 2. The van der Waals surface area contributed by atoms with E-state index in [0.29, 0.717) is 35.8 Å². The molecule has 0 atom stereocenters. The number of carbonyl (C=O) groups is 1. The molecule has 126 valence electrons. The zero-order valence-electron chi connectivity index (χ0n) is 13.6. The molecule has 0 saturated heterocycles. The molecule has 0 aromatic heterocycles. The van der Waals surface area contributed by atoms with Crippen LogP contribution in [0.2, 0.25) is 0 Å². The van der Waals surface area contributed by atoms with E-state index in [4.69, 9.17) is 14.2 Å². The van der Waals surface area contributed by atoms with Crippen LogP contribution >= 0.6 is 0 Å². The van der Waals surface area contributed by atoms with E-state index >= 15 is 0 Å². The highest BCUT2D eigenvalue weighted by Gasteiger charge is 2.09. The minimum atomic E-state index is -0.374. The van der Waals surface area contributed by atoms with Crippen molar-refractivity contribution in [3.8, 4) is 11.5 Å². The molecule has 0 aliphatic heterocycles. The quantitative estimate of drug-likeness (QED) is 0.420. The summed E-state index contributed by atoms with van der Waals surface area (Å²) >= 11 is 0. The summed E-state index contributed by atoms with van der Waals surface area (Å²) in [5.41, 5.74) is 0.788. The molecule has 5 heteroatoms. The van der Waals surface area contributed by atoms with E-state index in [1.165, 1.54) is 25.3 Å². The van der Waals surface area contributed by atoms with Crippen LogP contribution < -0.4 is 9.47 Å². The molecular formula is C19H19FO4. The molecule has 2 rings (SSSR count). The van der Waals surface area contributed by atoms with Crippen molar-refractivity contribution in [1.82, 2.24) is 0 Å². The highest BCUT2D eigenvalue weighted by Crippen LogP contribution is 2.28. The molecule has 0 fully saturated rings. The average molecular weight is 330 g/mol. The molecular weight excluding hydrogens is 311 g/mol. The number of hydrogen-bond donors (Lipinski definition) is 0. The van der Waals surface area contributed by atoms with E-state index in [1.807, 2.05) is 0 Å². The smallest absolute Gasteiger partial charge is 0.185 e. The van der Waals surface area contributed by atoms with Crippen LogP contribution in [0.15, 0.2) is 48.5 Å². The standard InChI is InChI=1S/C19H19FO4/c1-22-11-12-24-18-10-8-15(13-19(18)23-2)17(21)9-7-14-5-3-4-6-16(14)20/h3-10,13H,11-12H2,1-2H3. The van der Waals surface area contributed by atoms with Gasteiger partial charge in [0.15, 0.2) is 17.3 Å². The first-order chi connectivity index (χ1) is 11.7. The number of methoxy groups -OCH3 is 2. The van der Waals surface area contributed by atoms with Gasteiger partial charge in [-0.1, -0.05) is 18.2 Å². The second-order valence-electron chi connectivity index (χ2n) is 4.93. The Morgan fingerprint density at radius 2 is 1.88 bits per heavy atom. The predicted octanol–water partition coefficient (Wildman–Crippen LogP) is 3.76. The van der Waals surface area contributed by atoms with E-state index in [2.05, 4.69) is 0 Å². The van der Waals surface area contributed by atoms with Crippen LogP contribution in [0.25, 0.3) is 6.08 Å². The Bertz CT molecular complexity index is 725. The number of ether oxygens (including phenoxy) is 3. The number of allylic oxidation sites excluding steroid dienone is 1. The summed E-state index contributed by atoms with van der Waals surface area (Å²) in [5, 5.41) is 0. The fourth-order valence-corrected chi connectivity index (χ4v) is 2.05. The van der Waals surface area contributed by atoms with Crippen LogP contribution in [-0.4, -0.2) is 33.2 Å². The van der Waals surface area contributed by atoms with Crippen LogP contribution in [0.3, 0.4) is 0 Å². The second kappa shape index (κ2) is 8.84. The molecule has 2 aromatic carbocycles. The van der Waals surface area contributed by atoms with Gasteiger partial charge in [0.2, 0.25) is 0 Å². The summed E-state index contributed by atoms with van der Waals surface area (Å²) in [5.74, 6) is 0.362. The Labute approximate surface area is 140 Å². The summed E-state index contributed by atoms with van der Waals surface area (Å²) in [6.07, 6.45) is 2.78. The maximum atomic E-state index is 13.6. The summed E-state index contributed by atoms with van der Waals surface area (Å²) in [7, 11) is 3.09. The van der Waals surface area contributed by atoms with Gasteiger partial charge in [-0.2, -0.15) is 0 Å².